The number of amides is 1. The number of aromatic nitrogens is 1. The third-order valence-electron chi connectivity index (χ3n) is 2.00. The molecule has 0 aliphatic rings. The lowest BCUT2D eigenvalue weighted by atomic mass is 10.4. The highest BCUT2D eigenvalue weighted by Crippen LogP contribution is 2.09. The van der Waals surface area contributed by atoms with Gasteiger partial charge in [-0.15, -0.1) is 11.8 Å². The topological polar surface area (TPSA) is 70.5 Å². The molecular weight excluding hydrogens is 240 g/mol. The Hall–Kier alpha value is -1.56. The molecular formula is C11H14N2O3S. The molecule has 6 heteroatoms. The van der Waals surface area contributed by atoms with Crippen molar-refractivity contribution in [3.63, 3.8) is 0 Å². The molecule has 1 heterocycles. The summed E-state index contributed by atoms with van der Waals surface area (Å²) in [5, 5.41) is 8.53. The van der Waals surface area contributed by atoms with Crippen molar-refractivity contribution >= 4 is 23.6 Å². The monoisotopic (exact) mass is 254 g/mol. The Morgan fingerprint density at radius 3 is 2.82 bits per heavy atom. The number of carbonyl (C=O) groups excluding carboxylic acids is 1. The van der Waals surface area contributed by atoms with Crippen molar-refractivity contribution in [3.05, 3.63) is 30.1 Å². The van der Waals surface area contributed by atoms with E-state index in [0.29, 0.717) is 5.75 Å². The minimum Gasteiger partial charge on any atom is -0.480 e. The van der Waals surface area contributed by atoms with Gasteiger partial charge in [-0.3, -0.25) is 14.6 Å². The quantitative estimate of drug-likeness (QED) is 0.815. The Balaban J connectivity index is 2.27. The van der Waals surface area contributed by atoms with Crippen molar-refractivity contribution < 1.29 is 14.7 Å². The molecule has 92 valence electrons. The van der Waals surface area contributed by atoms with Crippen LogP contribution in [0.1, 0.15) is 5.69 Å². The van der Waals surface area contributed by atoms with Crippen molar-refractivity contribution in [3.8, 4) is 0 Å². The number of hydrogen-bond acceptors (Lipinski definition) is 4. The first-order chi connectivity index (χ1) is 8.09. The van der Waals surface area contributed by atoms with Crippen LogP contribution in [0.25, 0.3) is 0 Å². The fourth-order valence-electron chi connectivity index (χ4n) is 1.13. The second-order valence-corrected chi connectivity index (χ2v) is 4.44. The van der Waals surface area contributed by atoms with Crippen LogP contribution in [-0.2, 0) is 15.3 Å². The zero-order valence-corrected chi connectivity index (χ0v) is 10.3. The molecule has 0 aliphatic carbocycles. The summed E-state index contributed by atoms with van der Waals surface area (Å²) in [7, 11) is 1.48. The summed E-state index contributed by atoms with van der Waals surface area (Å²) in [5.74, 6) is -0.280. The Labute approximate surface area is 104 Å². The van der Waals surface area contributed by atoms with E-state index in [9.17, 15) is 9.59 Å². The number of aliphatic carboxylic acids is 1. The normalized spacial score (nSPS) is 9.94. The van der Waals surface area contributed by atoms with Gasteiger partial charge in [0.2, 0.25) is 5.91 Å². The lowest BCUT2D eigenvalue weighted by Gasteiger charge is -2.13. The first kappa shape index (κ1) is 13.5. The molecule has 1 aromatic heterocycles. The predicted octanol–water partition coefficient (Wildman–Crippen LogP) is 0.858. The van der Waals surface area contributed by atoms with Gasteiger partial charge in [-0.2, -0.15) is 0 Å². The van der Waals surface area contributed by atoms with Crippen LogP contribution in [0.2, 0.25) is 0 Å². The Morgan fingerprint density at radius 2 is 2.24 bits per heavy atom. The van der Waals surface area contributed by atoms with Gasteiger partial charge in [0.25, 0.3) is 0 Å². The van der Waals surface area contributed by atoms with Gasteiger partial charge >= 0.3 is 5.97 Å². The molecule has 0 saturated carbocycles. The van der Waals surface area contributed by atoms with Crippen molar-refractivity contribution in [2.45, 2.75) is 5.75 Å². The van der Waals surface area contributed by atoms with E-state index in [1.54, 1.807) is 6.20 Å². The molecule has 17 heavy (non-hydrogen) atoms. The summed E-state index contributed by atoms with van der Waals surface area (Å²) < 4.78 is 0. The number of nitrogens with zero attached hydrogens (tertiary/aromatic N) is 2. The number of pyridine rings is 1. The van der Waals surface area contributed by atoms with Gasteiger partial charge in [0.1, 0.15) is 6.54 Å². The Bertz CT molecular complexity index is 384. The highest BCUT2D eigenvalue weighted by molar-refractivity contribution is 7.99. The van der Waals surface area contributed by atoms with Crippen molar-refractivity contribution in [2.24, 2.45) is 0 Å². The van der Waals surface area contributed by atoms with Crippen LogP contribution in [0.4, 0.5) is 0 Å². The van der Waals surface area contributed by atoms with Crippen molar-refractivity contribution in [2.75, 3.05) is 19.3 Å². The summed E-state index contributed by atoms with van der Waals surface area (Å²) in [6, 6.07) is 5.61. The molecule has 0 spiro atoms. The van der Waals surface area contributed by atoms with E-state index in [2.05, 4.69) is 4.98 Å². The third-order valence-corrected chi connectivity index (χ3v) is 2.95. The lowest BCUT2D eigenvalue weighted by molar-refractivity contribution is -0.142. The van der Waals surface area contributed by atoms with Crippen LogP contribution in [0.5, 0.6) is 0 Å². The molecule has 1 rings (SSSR count). The zero-order chi connectivity index (χ0) is 12.7. The van der Waals surface area contributed by atoms with Gasteiger partial charge in [0.15, 0.2) is 0 Å². The standard InChI is InChI=1S/C11H14N2O3S/c1-13(6-11(15)16)10(14)8-17-7-9-4-2-3-5-12-9/h2-5H,6-8H2,1H3,(H,15,16). The fourth-order valence-corrected chi connectivity index (χ4v) is 2.00. The van der Waals surface area contributed by atoms with E-state index in [1.165, 1.54) is 23.7 Å². The van der Waals surface area contributed by atoms with E-state index in [1.807, 2.05) is 18.2 Å². The summed E-state index contributed by atoms with van der Waals surface area (Å²) in [4.78, 5) is 27.2. The van der Waals surface area contributed by atoms with Crippen LogP contribution in [0.15, 0.2) is 24.4 Å². The maximum absolute atomic E-state index is 11.5. The van der Waals surface area contributed by atoms with Gasteiger partial charge < -0.3 is 10.0 Å². The number of carboxylic acids is 1. The predicted molar refractivity (Wildman–Crippen MR) is 65.7 cm³/mol. The summed E-state index contributed by atoms with van der Waals surface area (Å²) in [6.45, 7) is -0.261. The van der Waals surface area contributed by atoms with E-state index >= 15 is 0 Å². The molecule has 0 radical (unpaired) electrons. The Kier molecular flexibility index (Phi) is 5.48. The highest BCUT2D eigenvalue weighted by Gasteiger charge is 2.11. The maximum atomic E-state index is 11.5. The molecule has 1 aromatic rings. The number of likely N-dealkylation sites (N-methyl/N-ethyl adjacent to an activating group) is 1. The van der Waals surface area contributed by atoms with E-state index in [0.717, 1.165) is 5.69 Å². The Morgan fingerprint density at radius 1 is 1.47 bits per heavy atom. The van der Waals surface area contributed by atoms with Gasteiger partial charge in [-0.25, -0.2) is 0 Å². The van der Waals surface area contributed by atoms with E-state index in [4.69, 9.17) is 5.11 Å². The number of carboxylic acid groups (broad SMARTS) is 1. The second-order valence-electron chi connectivity index (χ2n) is 3.46. The van der Waals surface area contributed by atoms with Crippen LogP contribution in [-0.4, -0.2) is 46.2 Å². The number of thioether (sulfide) groups is 1. The van der Waals surface area contributed by atoms with E-state index < -0.39 is 5.97 Å². The number of rotatable bonds is 6. The lowest BCUT2D eigenvalue weighted by Crippen LogP contribution is -2.33. The number of hydrogen-bond donors (Lipinski definition) is 1. The first-order valence-corrected chi connectivity index (χ1v) is 6.18. The molecule has 0 saturated heterocycles. The molecule has 0 fully saturated rings. The van der Waals surface area contributed by atoms with Crippen LogP contribution in [0.3, 0.4) is 0 Å². The molecule has 0 bridgehead atoms. The zero-order valence-electron chi connectivity index (χ0n) is 9.50. The highest BCUT2D eigenvalue weighted by atomic mass is 32.2. The largest absolute Gasteiger partial charge is 0.480 e. The average molecular weight is 254 g/mol. The first-order valence-electron chi connectivity index (χ1n) is 5.03. The summed E-state index contributed by atoms with van der Waals surface area (Å²) >= 11 is 1.42. The van der Waals surface area contributed by atoms with E-state index in [-0.39, 0.29) is 18.2 Å². The maximum Gasteiger partial charge on any atom is 0.323 e. The van der Waals surface area contributed by atoms with Gasteiger partial charge in [0.05, 0.1) is 11.4 Å². The molecule has 0 aromatic carbocycles. The third kappa shape index (κ3) is 5.35. The molecule has 1 amide bonds. The average Bonchev–Trinajstić information content (AvgIpc) is 2.29. The minimum absolute atomic E-state index is 0.187. The van der Waals surface area contributed by atoms with Gasteiger partial charge in [0, 0.05) is 19.0 Å². The summed E-state index contributed by atoms with van der Waals surface area (Å²) in [5.41, 5.74) is 0.909. The van der Waals surface area contributed by atoms with Crippen molar-refractivity contribution in [1.29, 1.82) is 0 Å². The minimum atomic E-state index is -1.00. The van der Waals surface area contributed by atoms with Gasteiger partial charge in [-0.1, -0.05) is 6.07 Å². The van der Waals surface area contributed by atoms with Crippen LogP contribution < -0.4 is 0 Å². The molecule has 0 aliphatic heterocycles. The molecule has 1 N–H and O–H groups in total. The van der Waals surface area contributed by atoms with Crippen molar-refractivity contribution in [1.82, 2.24) is 9.88 Å². The van der Waals surface area contributed by atoms with Gasteiger partial charge in [-0.05, 0) is 12.1 Å². The smallest absolute Gasteiger partial charge is 0.323 e. The summed E-state index contributed by atoms with van der Waals surface area (Å²) in [6.07, 6.45) is 1.70. The molecule has 0 unspecified atom stereocenters. The second kappa shape index (κ2) is 6.90. The molecule has 5 nitrogen and oxygen atoms in total. The van der Waals surface area contributed by atoms with Crippen LogP contribution >= 0.6 is 11.8 Å². The van der Waals surface area contributed by atoms with Crippen LogP contribution in [0, 0.1) is 0 Å². The SMILES string of the molecule is CN(CC(=O)O)C(=O)CSCc1ccccn1. The fraction of sp³-hybridized carbons (Fsp3) is 0.364. The number of carbonyl (C=O) groups is 2. The molecule has 0 atom stereocenters.